The lowest BCUT2D eigenvalue weighted by Gasteiger charge is -2.27. The van der Waals surface area contributed by atoms with E-state index < -0.39 is 0 Å². The highest BCUT2D eigenvalue weighted by atomic mass is 16.5. The Morgan fingerprint density at radius 3 is 2.70 bits per heavy atom. The number of hydrogen-bond acceptors (Lipinski definition) is 8. The molecule has 5 heterocycles. The van der Waals surface area contributed by atoms with E-state index in [9.17, 15) is 9.59 Å². The Morgan fingerprint density at radius 2 is 1.98 bits per heavy atom. The topological polar surface area (TPSA) is 149 Å². The van der Waals surface area contributed by atoms with Crippen LogP contribution in [0.5, 0.6) is 5.75 Å². The van der Waals surface area contributed by atoms with Crippen LogP contribution in [-0.2, 0) is 13.6 Å². The van der Waals surface area contributed by atoms with Gasteiger partial charge in [0.2, 0.25) is 0 Å². The van der Waals surface area contributed by atoms with Crippen molar-refractivity contribution in [2.24, 2.45) is 24.6 Å². The molecule has 4 N–H and O–H groups in total. The highest BCUT2D eigenvalue weighted by Crippen LogP contribution is 2.40. The number of aryl methyl sites for hydroxylation is 1. The number of fused-ring (bicyclic) bond motifs is 4. The number of likely N-dealkylation sites (tertiary alicyclic amines) is 1. The van der Waals surface area contributed by atoms with Crippen molar-refractivity contribution in [1.82, 2.24) is 34.0 Å². The van der Waals surface area contributed by atoms with Gasteiger partial charge in [0.25, 0.3) is 11.5 Å². The smallest absolute Gasteiger partial charge is 0.254 e. The number of aromatic nitrogens is 6. The molecule has 2 saturated carbocycles. The second-order valence-electron chi connectivity index (χ2n) is 12.1. The number of imidazole rings is 1. The number of nitrogens with zero attached hydrogens (tertiary/aromatic N) is 6. The molecule has 8 rings (SSSR count). The van der Waals surface area contributed by atoms with Gasteiger partial charge in [0.1, 0.15) is 28.5 Å². The van der Waals surface area contributed by atoms with Crippen molar-refractivity contribution in [2.45, 2.75) is 44.3 Å². The monoisotopic (exact) mass is 579 g/mol. The fourth-order valence-electron chi connectivity index (χ4n) is 6.96. The van der Waals surface area contributed by atoms with E-state index in [1.54, 1.807) is 7.11 Å². The fourth-order valence-corrected chi connectivity index (χ4v) is 6.96. The molecule has 3 aliphatic rings. The Morgan fingerprint density at radius 1 is 1.12 bits per heavy atom. The van der Waals surface area contributed by atoms with Crippen LogP contribution < -0.4 is 21.3 Å². The highest BCUT2D eigenvalue weighted by molar-refractivity contribution is 6.00. The number of ether oxygens (including phenoxy) is 1. The molecule has 0 spiro atoms. The summed E-state index contributed by atoms with van der Waals surface area (Å²) in [5, 5.41) is 4.13. The SMILES string of the molecule is COc1cc(C(=O)N2CC3CCC2[C@@H]3N)cc2nc(-c3cc4ccc(Nc5cc(=O)[nH]cn5)nc4n3CC3CC3)n(C)c12. The van der Waals surface area contributed by atoms with Gasteiger partial charge in [0.15, 0.2) is 5.82 Å². The van der Waals surface area contributed by atoms with E-state index in [1.807, 2.05) is 40.8 Å². The van der Waals surface area contributed by atoms with Crippen molar-refractivity contribution >= 4 is 39.6 Å². The number of pyridine rings is 1. The first-order chi connectivity index (χ1) is 20.9. The first-order valence-corrected chi connectivity index (χ1v) is 14.8. The van der Waals surface area contributed by atoms with Crippen molar-refractivity contribution in [3.63, 3.8) is 0 Å². The maximum Gasteiger partial charge on any atom is 0.254 e. The lowest BCUT2D eigenvalue weighted by molar-refractivity contribution is 0.0700. The lowest BCUT2D eigenvalue weighted by Crippen LogP contribution is -2.41. The number of amides is 1. The van der Waals surface area contributed by atoms with Gasteiger partial charge in [0, 0.05) is 49.2 Å². The average molecular weight is 580 g/mol. The normalized spacial score (nSPS) is 21.3. The van der Waals surface area contributed by atoms with Crippen LogP contribution in [0.3, 0.4) is 0 Å². The third-order valence-electron chi connectivity index (χ3n) is 9.36. The van der Waals surface area contributed by atoms with Gasteiger partial charge in [-0.3, -0.25) is 9.59 Å². The number of rotatable bonds is 7. The van der Waals surface area contributed by atoms with E-state index in [0.29, 0.717) is 46.8 Å². The van der Waals surface area contributed by atoms with Gasteiger partial charge in [-0.25, -0.2) is 15.0 Å². The lowest BCUT2D eigenvalue weighted by atomic mass is 10.1. The Hall–Kier alpha value is -4.71. The molecule has 220 valence electrons. The second-order valence-corrected chi connectivity index (χ2v) is 12.1. The summed E-state index contributed by atoms with van der Waals surface area (Å²) in [6, 6.07) is 11.3. The molecule has 3 atom stereocenters. The van der Waals surface area contributed by atoms with E-state index in [4.69, 9.17) is 20.4 Å². The molecule has 2 unspecified atom stereocenters. The van der Waals surface area contributed by atoms with E-state index in [-0.39, 0.29) is 23.6 Å². The molecule has 5 aromatic rings. The van der Waals surface area contributed by atoms with Crippen molar-refractivity contribution in [2.75, 3.05) is 19.0 Å². The first kappa shape index (κ1) is 26.0. The minimum atomic E-state index is -0.239. The van der Waals surface area contributed by atoms with Crippen LogP contribution >= 0.6 is 0 Å². The zero-order chi connectivity index (χ0) is 29.4. The van der Waals surface area contributed by atoms with Crippen molar-refractivity contribution in [1.29, 1.82) is 0 Å². The summed E-state index contributed by atoms with van der Waals surface area (Å²) in [5.74, 6) is 3.34. The number of nitrogens with one attached hydrogen (secondary N) is 2. The summed E-state index contributed by atoms with van der Waals surface area (Å²) < 4.78 is 10.1. The van der Waals surface area contributed by atoms with Gasteiger partial charge in [-0.2, -0.15) is 0 Å². The summed E-state index contributed by atoms with van der Waals surface area (Å²) in [7, 11) is 3.60. The van der Waals surface area contributed by atoms with Crippen LogP contribution in [0.15, 0.2) is 47.5 Å². The number of anilines is 2. The van der Waals surface area contributed by atoms with Crippen LogP contribution in [0.25, 0.3) is 33.6 Å². The van der Waals surface area contributed by atoms with Crippen LogP contribution in [-0.4, -0.2) is 65.6 Å². The summed E-state index contributed by atoms with van der Waals surface area (Å²) in [6.07, 6.45) is 5.77. The Bertz CT molecular complexity index is 1970. The maximum atomic E-state index is 13.7. The number of carbonyl (C=O) groups excluding carboxylic acids is 1. The average Bonchev–Trinajstić information content (AvgIpc) is 3.41. The molecule has 4 aromatic heterocycles. The molecule has 1 aromatic carbocycles. The number of nitrogens with two attached hydrogens (primary N) is 1. The zero-order valence-corrected chi connectivity index (χ0v) is 24.1. The van der Waals surface area contributed by atoms with Gasteiger partial charge in [-0.15, -0.1) is 0 Å². The van der Waals surface area contributed by atoms with Crippen LogP contribution in [0, 0.1) is 11.8 Å². The Kier molecular flexibility index (Phi) is 5.83. The van der Waals surface area contributed by atoms with Gasteiger partial charge in [-0.1, -0.05) is 0 Å². The van der Waals surface area contributed by atoms with E-state index in [1.165, 1.54) is 25.2 Å². The van der Waals surface area contributed by atoms with Crippen molar-refractivity contribution in [3.05, 3.63) is 58.6 Å². The molecular weight excluding hydrogens is 546 g/mol. The molecule has 12 heteroatoms. The second kappa shape index (κ2) is 9.66. The molecule has 2 aliphatic carbocycles. The largest absolute Gasteiger partial charge is 0.494 e. The molecule has 1 saturated heterocycles. The summed E-state index contributed by atoms with van der Waals surface area (Å²) in [5.41, 5.74) is 10.0. The van der Waals surface area contributed by atoms with E-state index in [2.05, 4.69) is 25.9 Å². The Labute approximate surface area is 246 Å². The minimum absolute atomic E-state index is 0.0166. The third-order valence-corrected chi connectivity index (χ3v) is 9.36. The maximum absolute atomic E-state index is 13.7. The molecule has 12 nitrogen and oxygen atoms in total. The molecular formula is C31H33N9O3. The quantitative estimate of drug-likeness (QED) is 0.266. The molecule has 0 radical (unpaired) electrons. The van der Waals surface area contributed by atoms with Crippen LogP contribution in [0.4, 0.5) is 11.6 Å². The molecule has 3 fully saturated rings. The Balaban J connectivity index is 1.21. The predicted molar refractivity (Wildman–Crippen MR) is 162 cm³/mol. The molecule has 1 amide bonds. The molecule has 43 heavy (non-hydrogen) atoms. The summed E-state index contributed by atoms with van der Waals surface area (Å²) >= 11 is 0. The number of methoxy groups -OCH3 is 1. The zero-order valence-electron chi connectivity index (χ0n) is 24.1. The predicted octanol–water partition coefficient (Wildman–Crippen LogP) is 3.40. The third kappa shape index (κ3) is 4.27. The van der Waals surface area contributed by atoms with Crippen LogP contribution in [0.1, 0.15) is 36.0 Å². The highest BCUT2D eigenvalue weighted by Gasteiger charge is 2.47. The van der Waals surface area contributed by atoms with Gasteiger partial charge < -0.3 is 34.8 Å². The number of H-pyrrole nitrogens is 1. The number of aromatic amines is 1. The van der Waals surface area contributed by atoms with Crippen molar-refractivity contribution < 1.29 is 9.53 Å². The number of piperidine rings is 1. The summed E-state index contributed by atoms with van der Waals surface area (Å²) in [4.78, 5) is 44.1. The molecule has 1 aliphatic heterocycles. The summed E-state index contributed by atoms with van der Waals surface area (Å²) in [6.45, 7) is 1.53. The van der Waals surface area contributed by atoms with E-state index in [0.717, 1.165) is 47.5 Å². The molecule has 2 bridgehead atoms. The number of carbonyl (C=O) groups is 1. The van der Waals surface area contributed by atoms with Crippen molar-refractivity contribution in [3.8, 4) is 17.3 Å². The van der Waals surface area contributed by atoms with Gasteiger partial charge in [-0.05, 0) is 67.9 Å². The standard InChI is InChI=1S/C31H33N9O3/c1-38-28-20(9-19(11-23(28)43-2)31(42)40-14-18-5-7-21(40)27(18)32)35-30(38)22-10-17-6-8-24(36-25-12-26(41)34-15-33-25)37-29(17)39(22)13-16-3-4-16/h6,8-12,15-16,18,21,27H,3-5,7,13-14,32H2,1-2H3,(H2,33,34,36,37,41)/t18?,21?,27-/m1/s1. The number of hydrogen-bond donors (Lipinski definition) is 3. The number of benzene rings is 1. The minimum Gasteiger partial charge on any atom is -0.494 e. The van der Waals surface area contributed by atoms with E-state index >= 15 is 0 Å². The van der Waals surface area contributed by atoms with Crippen LogP contribution in [0.2, 0.25) is 0 Å². The van der Waals surface area contributed by atoms with Gasteiger partial charge >= 0.3 is 0 Å². The first-order valence-electron chi connectivity index (χ1n) is 14.8. The fraction of sp³-hybridized carbons (Fsp3) is 0.387. The van der Waals surface area contributed by atoms with Gasteiger partial charge in [0.05, 0.1) is 24.6 Å².